The summed E-state index contributed by atoms with van der Waals surface area (Å²) in [6.45, 7) is -0.264. The van der Waals surface area contributed by atoms with Gasteiger partial charge in [0.15, 0.2) is 10.6 Å². The molecule has 1 aromatic carbocycles. The van der Waals surface area contributed by atoms with Crippen LogP contribution in [0, 0.1) is 4.77 Å². The van der Waals surface area contributed by atoms with Crippen molar-refractivity contribution in [1.82, 2.24) is 14.8 Å². The van der Waals surface area contributed by atoms with Gasteiger partial charge in [-0.2, -0.15) is 5.10 Å². The Bertz CT molecular complexity index is 653. The minimum Gasteiger partial charge on any atom is -0.495 e. The molecule has 1 aromatic heterocycles. The summed E-state index contributed by atoms with van der Waals surface area (Å²) in [5, 5.41) is 16.2. The average Bonchev–Trinajstić information content (AvgIpc) is 2.79. The number of aromatic amines is 1. The second kappa shape index (κ2) is 5.60. The lowest BCUT2D eigenvalue weighted by Crippen LogP contribution is -2.04. The largest absolute Gasteiger partial charge is 0.495 e. The lowest BCUT2D eigenvalue weighted by Gasteiger charge is -2.13. The summed E-state index contributed by atoms with van der Waals surface area (Å²) in [6, 6.07) is 3.29. The van der Waals surface area contributed by atoms with Crippen molar-refractivity contribution in [3.63, 3.8) is 0 Å². The number of hydrogen-bond donors (Lipinski definition) is 2. The van der Waals surface area contributed by atoms with E-state index in [9.17, 15) is 5.11 Å². The zero-order valence-electron chi connectivity index (χ0n) is 10.3. The summed E-state index contributed by atoms with van der Waals surface area (Å²) >= 11 is 11.2. The molecule has 0 atom stereocenters. The van der Waals surface area contributed by atoms with E-state index < -0.39 is 0 Å². The van der Waals surface area contributed by atoms with E-state index in [1.165, 1.54) is 14.2 Å². The number of ether oxygens (including phenoxy) is 2. The molecule has 2 aromatic rings. The molecular weight excluding hydrogens is 290 g/mol. The van der Waals surface area contributed by atoms with Gasteiger partial charge < -0.3 is 14.6 Å². The first-order chi connectivity index (χ1) is 9.12. The van der Waals surface area contributed by atoms with Gasteiger partial charge in [-0.1, -0.05) is 11.6 Å². The molecule has 0 unspecified atom stereocenters. The maximum Gasteiger partial charge on any atom is 0.200 e. The van der Waals surface area contributed by atoms with Gasteiger partial charge >= 0.3 is 0 Å². The van der Waals surface area contributed by atoms with Crippen LogP contribution < -0.4 is 9.47 Å². The molecule has 1 heterocycles. The van der Waals surface area contributed by atoms with Crippen molar-refractivity contribution in [2.45, 2.75) is 6.61 Å². The van der Waals surface area contributed by atoms with E-state index in [4.69, 9.17) is 33.3 Å². The number of rotatable bonds is 4. The number of nitrogens with one attached hydrogen (secondary N) is 1. The van der Waals surface area contributed by atoms with Crippen LogP contribution in [-0.4, -0.2) is 34.1 Å². The summed E-state index contributed by atoms with van der Waals surface area (Å²) in [5.41, 5.74) is 0.580. The Morgan fingerprint density at radius 3 is 2.63 bits per heavy atom. The molecule has 0 spiro atoms. The first kappa shape index (κ1) is 13.9. The molecule has 6 nitrogen and oxygen atoms in total. The Balaban J connectivity index is 2.71. The predicted octanol–water partition coefficient (Wildman–Crippen LogP) is 2.09. The molecule has 0 saturated heterocycles. The molecule has 0 aliphatic heterocycles. The first-order valence-electron chi connectivity index (χ1n) is 5.31. The molecule has 0 fully saturated rings. The highest BCUT2D eigenvalue weighted by molar-refractivity contribution is 7.71. The van der Waals surface area contributed by atoms with Crippen LogP contribution in [0.1, 0.15) is 5.82 Å². The third-order valence-electron chi connectivity index (χ3n) is 2.58. The zero-order chi connectivity index (χ0) is 14.0. The number of aliphatic hydroxyl groups excluding tert-OH is 1. The summed E-state index contributed by atoms with van der Waals surface area (Å²) in [5.74, 6) is 1.36. The first-order valence-corrected chi connectivity index (χ1v) is 6.10. The van der Waals surface area contributed by atoms with Gasteiger partial charge in [0, 0.05) is 6.07 Å². The van der Waals surface area contributed by atoms with Gasteiger partial charge in [-0.3, -0.25) is 9.67 Å². The quantitative estimate of drug-likeness (QED) is 0.846. The van der Waals surface area contributed by atoms with Crippen LogP contribution in [0.3, 0.4) is 0 Å². The van der Waals surface area contributed by atoms with E-state index in [-0.39, 0.29) is 6.61 Å². The summed E-state index contributed by atoms with van der Waals surface area (Å²) in [7, 11) is 3.04. The summed E-state index contributed by atoms with van der Waals surface area (Å²) in [6.07, 6.45) is 0. The molecule has 8 heteroatoms. The average molecular weight is 302 g/mol. The number of halogens is 1. The molecule has 0 aliphatic rings. The fourth-order valence-corrected chi connectivity index (χ4v) is 2.19. The van der Waals surface area contributed by atoms with Crippen LogP contribution >= 0.6 is 23.8 Å². The number of aliphatic hydroxyl groups is 1. The van der Waals surface area contributed by atoms with E-state index in [0.717, 1.165) is 0 Å². The maximum absolute atomic E-state index is 9.28. The van der Waals surface area contributed by atoms with E-state index in [1.807, 2.05) is 0 Å². The van der Waals surface area contributed by atoms with E-state index in [0.29, 0.717) is 32.8 Å². The van der Waals surface area contributed by atoms with Gasteiger partial charge in [0.2, 0.25) is 0 Å². The summed E-state index contributed by atoms with van der Waals surface area (Å²) in [4.78, 5) is 0. The number of hydrogen-bond acceptors (Lipinski definition) is 5. The predicted molar refractivity (Wildman–Crippen MR) is 72.8 cm³/mol. The van der Waals surface area contributed by atoms with Crippen LogP contribution in [0.25, 0.3) is 5.69 Å². The molecule has 0 amide bonds. The normalized spacial score (nSPS) is 10.5. The zero-order valence-corrected chi connectivity index (χ0v) is 11.9. The Labute approximate surface area is 119 Å². The Morgan fingerprint density at radius 2 is 2.05 bits per heavy atom. The molecule has 19 heavy (non-hydrogen) atoms. The summed E-state index contributed by atoms with van der Waals surface area (Å²) < 4.78 is 12.3. The van der Waals surface area contributed by atoms with Crippen molar-refractivity contribution in [3.05, 3.63) is 27.8 Å². The smallest absolute Gasteiger partial charge is 0.200 e. The molecule has 102 valence electrons. The number of aromatic nitrogens is 3. The van der Waals surface area contributed by atoms with Gasteiger partial charge in [-0.25, -0.2) is 0 Å². The van der Waals surface area contributed by atoms with Crippen LogP contribution in [0.5, 0.6) is 11.5 Å². The second-order valence-electron chi connectivity index (χ2n) is 3.60. The standard InChI is InChI=1S/C11H12ClN3O3S/c1-17-8-4-9(18-2)7(3-6(8)12)15-10(5-16)13-14-11(15)19/h3-4,16H,5H2,1-2H3,(H,14,19). The number of methoxy groups -OCH3 is 2. The monoisotopic (exact) mass is 301 g/mol. The lowest BCUT2D eigenvalue weighted by atomic mass is 10.2. The van der Waals surface area contributed by atoms with Crippen molar-refractivity contribution < 1.29 is 14.6 Å². The van der Waals surface area contributed by atoms with E-state index >= 15 is 0 Å². The minimum absolute atomic E-state index is 0.264. The van der Waals surface area contributed by atoms with Gasteiger partial charge in [-0.15, -0.1) is 0 Å². The SMILES string of the molecule is COc1cc(OC)c(-n2c(CO)n[nH]c2=S)cc1Cl. The number of nitrogens with zero attached hydrogens (tertiary/aromatic N) is 2. The highest BCUT2D eigenvalue weighted by Crippen LogP contribution is 2.35. The highest BCUT2D eigenvalue weighted by Gasteiger charge is 2.15. The van der Waals surface area contributed by atoms with Crippen molar-refractivity contribution in [3.8, 4) is 17.2 Å². The van der Waals surface area contributed by atoms with Gasteiger partial charge in [0.25, 0.3) is 0 Å². The molecule has 0 saturated carbocycles. The Kier molecular flexibility index (Phi) is 4.08. The van der Waals surface area contributed by atoms with Crippen molar-refractivity contribution >= 4 is 23.8 Å². The Morgan fingerprint density at radius 1 is 1.37 bits per heavy atom. The third-order valence-corrected chi connectivity index (χ3v) is 3.15. The second-order valence-corrected chi connectivity index (χ2v) is 4.39. The van der Waals surface area contributed by atoms with Gasteiger partial charge in [-0.05, 0) is 18.3 Å². The lowest BCUT2D eigenvalue weighted by molar-refractivity contribution is 0.268. The molecule has 2 rings (SSSR count). The highest BCUT2D eigenvalue weighted by atomic mass is 35.5. The molecule has 0 aliphatic carbocycles. The fraction of sp³-hybridized carbons (Fsp3) is 0.273. The topological polar surface area (TPSA) is 72.3 Å². The van der Waals surface area contributed by atoms with Crippen LogP contribution in [-0.2, 0) is 6.61 Å². The van der Waals surface area contributed by atoms with E-state index in [1.54, 1.807) is 16.7 Å². The Hall–Kier alpha value is -1.57. The van der Waals surface area contributed by atoms with Crippen molar-refractivity contribution in [2.75, 3.05) is 14.2 Å². The third kappa shape index (κ3) is 2.44. The molecule has 0 bridgehead atoms. The van der Waals surface area contributed by atoms with Crippen molar-refractivity contribution in [1.29, 1.82) is 0 Å². The number of benzene rings is 1. The van der Waals surface area contributed by atoms with Crippen LogP contribution in [0.2, 0.25) is 5.02 Å². The van der Waals surface area contributed by atoms with Gasteiger partial charge in [0.1, 0.15) is 18.1 Å². The molecular formula is C11H12ClN3O3S. The van der Waals surface area contributed by atoms with Crippen LogP contribution in [0.4, 0.5) is 0 Å². The number of H-pyrrole nitrogens is 1. The molecule has 2 N–H and O–H groups in total. The molecule has 0 radical (unpaired) electrons. The van der Waals surface area contributed by atoms with Crippen molar-refractivity contribution in [2.24, 2.45) is 0 Å². The van der Waals surface area contributed by atoms with E-state index in [2.05, 4.69) is 10.2 Å². The van der Waals surface area contributed by atoms with Crippen LogP contribution in [0.15, 0.2) is 12.1 Å². The van der Waals surface area contributed by atoms with Gasteiger partial charge in [0.05, 0.1) is 24.9 Å². The maximum atomic E-state index is 9.28. The minimum atomic E-state index is -0.264. The fourth-order valence-electron chi connectivity index (χ4n) is 1.70.